The van der Waals surface area contributed by atoms with Crippen LogP contribution in [0.4, 0.5) is 5.95 Å². The maximum Gasteiger partial charge on any atom is 0.239 e. The molecule has 1 fully saturated rings. The molecule has 0 saturated heterocycles. The molecule has 1 saturated carbocycles. The first kappa shape index (κ1) is 13.7. The van der Waals surface area contributed by atoms with Gasteiger partial charge in [0.1, 0.15) is 0 Å². The summed E-state index contributed by atoms with van der Waals surface area (Å²) in [7, 11) is 1.77. The number of nitrogens with one attached hydrogen (secondary N) is 1. The Morgan fingerprint density at radius 3 is 2.68 bits per heavy atom. The lowest BCUT2D eigenvalue weighted by atomic mass is 9.64. The van der Waals surface area contributed by atoms with E-state index in [0.29, 0.717) is 12.4 Å². The van der Waals surface area contributed by atoms with Gasteiger partial charge in [0.2, 0.25) is 11.9 Å². The van der Waals surface area contributed by atoms with E-state index < -0.39 is 0 Å². The Balaban J connectivity index is 1.86. The first-order valence-corrected chi connectivity index (χ1v) is 6.37. The summed E-state index contributed by atoms with van der Waals surface area (Å²) < 4.78 is 0. The summed E-state index contributed by atoms with van der Waals surface area (Å²) in [5.41, 5.74) is -0.253. The van der Waals surface area contributed by atoms with Crippen LogP contribution in [0.3, 0.4) is 0 Å². The summed E-state index contributed by atoms with van der Waals surface area (Å²) in [6.45, 7) is 4.11. The van der Waals surface area contributed by atoms with Crippen molar-refractivity contribution >= 4 is 11.9 Å². The lowest BCUT2D eigenvalue weighted by molar-refractivity contribution is -0.127. The molecule has 0 aliphatic heterocycles. The number of hydrogen-bond acceptors (Lipinski definition) is 5. The molecule has 1 aromatic rings. The highest BCUT2D eigenvalue weighted by atomic mass is 16.3. The molecular weight excluding hydrogens is 244 g/mol. The fourth-order valence-electron chi connectivity index (χ4n) is 2.16. The monoisotopic (exact) mass is 264 g/mol. The van der Waals surface area contributed by atoms with Crippen molar-refractivity contribution in [2.75, 3.05) is 18.5 Å². The Hall–Kier alpha value is -1.69. The second kappa shape index (κ2) is 5.13. The number of anilines is 1. The molecule has 1 heterocycles. The number of carbonyl (C=O) groups excluding carboxylic acids is 1. The predicted molar refractivity (Wildman–Crippen MR) is 71.6 cm³/mol. The maximum absolute atomic E-state index is 11.9. The number of aliphatic hydroxyl groups is 1. The second-order valence-corrected chi connectivity index (χ2v) is 5.60. The van der Waals surface area contributed by atoms with E-state index in [1.807, 2.05) is 13.8 Å². The van der Waals surface area contributed by atoms with Crippen LogP contribution < -0.4 is 10.2 Å². The highest BCUT2D eigenvalue weighted by molar-refractivity contribution is 5.81. The number of hydrogen-bond donors (Lipinski definition) is 2. The van der Waals surface area contributed by atoms with E-state index in [1.165, 1.54) is 0 Å². The summed E-state index contributed by atoms with van der Waals surface area (Å²) in [6, 6.07) is 1.76. The van der Waals surface area contributed by atoms with Gasteiger partial charge in [0.05, 0.1) is 12.6 Å². The van der Waals surface area contributed by atoms with Gasteiger partial charge in [-0.2, -0.15) is 0 Å². The molecule has 0 bridgehead atoms. The fraction of sp³-hybridized carbons (Fsp3) is 0.615. The molecule has 1 amide bonds. The van der Waals surface area contributed by atoms with Crippen LogP contribution in [-0.2, 0) is 4.79 Å². The smallest absolute Gasteiger partial charge is 0.239 e. The number of aliphatic hydroxyl groups excluding tert-OH is 1. The Bertz CT molecular complexity index is 449. The van der Waals surface area contributed by atoms with Gasteiger partial charge in [-0.25, -0.2) is 9.97 Å². The van der Waals surface area contributed by atoms with Crippen molar-refractivity contribution in [2.24, 2.45) is 5.41 Å². The molecule has 1 aliphatic rings. The van der Waals surface area contributed by atoms with Crippen molar-refractivity contribution in [1.82, 2.24) is 15.3 Å². The van der Waals surface area contributed by atoms with Gasteiger partial charge < -0.3 is 15.3 Å². The minimum absolute atomic E-state index is 0.0279. The summed E-state index contributed by atoms with van der Waals surface area (Å²) in [6.07, 6.45) is 3.56. The van der Waals surface area contributed by atoms with Crippen molar-refractivity contribution in [3.63, 3.8) is 0 Å². The molecule has 2 rings (SSSR count). The molecule has 1 aromatic heterocycles. The average molecular weight is 264 g/mol. The highest BCUT2D eigenvalue weighted by Crippen LogP contribution is 2.40. The quantitative estimate of drug-likeness (QED) is 0.811. The number of rotatable bonds is 4. The molecule has 0 aromatic carbocycles. The molecule has 2 N–H and O–H groups in total. The molecule has 0 radical (unpaired) electrons. The van der Waals surface area contributed by atoms with E-state index in [0.717, 1.165) is 0 Å². The van der Waals surface area contributed by atoms with Gasteiger partial charge in [-0.3, -0.25) is 4.79 Å². The molecule has 2 atom stereocenters. The van der Waals surface area contributed by atoms with Gasteiger partial charge in [0, 0.05) is 30.9 Å². The first-order chi connectivity index (χ1) is 8.91. The number of likely N-dealkylation sites (N-methyl/N-ethyl adjacent to an activating group) is 1. The topological polar surface area (TPSA) is 78.4 Å². The standard InChI is InChI=1S/C13H20N4O2/c1-13(2)9(7-10(13)18)16-11(19)8-17(3)12-14-5-4-6-15-12/h4-6,9-10,18H,7-8H2,1-3H3,(H,16,19). The van der Waals surface area contributed by atoms with Crippen LogP contribution in [0.5, 0.6) is 0 Å². The van der Waals surface area contributed by atoms with Gasteiger partial charge >= 0.3 is 0 Å². The van der Waals surface area contributed by atoms with E-state index in [4.69, 9.17) is 0 Å². The van der Waals surface area contributed by atoms with Crippen LogP contribution >= 0.6 is 0 Å². The number of carbonyl (C=O) groups is 1. The molecular formula is C13H20N4O2. The van der Waals surface area contributed by atoms with Gasteiger partial charge in [-0.05, 0) is 12.5 Å². The van der Waals surface area contributed by atoms with E-state index in [-0.39, 0.29) is 30.0 Å². The zero-order valence-electron chi connectivity index (χ0n) is 11.5. The van der Waals surface area contributed by atoms with Crippen molar-refractivity contribution in [3.8, 4) is 0 Å². The predicted octanol–water partition coefficient (Wildman–Crippen LogP) is 0.188. The number of aromatic nitrogens is 2. The molecule has 0 spiro atoms. The van der Waals surface area contributed by atoms with Gasteiger partial charge in [-0.1, -0.05) is 13.8 Å². The Kier molecular flexibility index (Phi) is 3.71. The van der Waals surface area contributed by atoms with Crippen molar-refractivity contribution < 1.29 is 9.90 Å². The SMILES string of the molecule is CN(CC(=O)NC1CC(O)C1(C)C)c1ncccn1. The molecule has 2 unspecified atom stereocenters. The van der Waals surface area contributed by atoms with Crippen LogP contribution in [-0.4, -0.2) is 46.7 Å². The van der Waals surface area contributed by atoms with Crippen molar-refractivity contribution in [1.29, 1.82) is 0 Å². The fourth-order valence-corrected chi connectivity index (χ4v) is 2.16. The summed E-state index contributed by atoms with van der Waals surface area (Å²) in [5.74, 6) is 0.436. The largest absolute Gasteiger partial charge is 0.392 e. The maximum atomic E-state index is 11.9. The number of amides is 1. The molecule has 1 aliphatic carbocycles. The van der Waals surface area contributed by atoms with Gasteiger partial charge in [-0.15, -0.1) is 0 Å². The normalized spacial score (nSPS) is 24.4. The summed E-state index contributed by atoms with van der Waals surface area (Å²) >= 11 is 0. The average Bonchev–Trinajstić information content (AvgIpc) is 2.39. The van der Waals surface area contributed by atoms with Gasteiger partial charge in [0.15, 0.2) is 0 Å². The lowest BCUT2D eigenvalue weighted by Gasteiger charge is -2.49. The minimum Gasteiger partial charge on any atom is -0.392 e. The van der Waals surface area contributed by atoms with Crippen LogP contribution in [0, 0.1) is 5.41 Å². The minimum atomic E-state index is -0.340. The second-order valence-electron chi connectivity index (χ2n) is 5.60. The zero-order chi connectivity index (χ0) is 14.0. The molecule has 6 nitrogen and oxygen atoms in total. The van der Waals surface area contributed by atoms with Crippen molar-refractivity contribution in [3.05, 3.63) is 18.5 Å². The number of nitrogens with zero attached hydrogens (tertiary/aromatic N) is 3. The highest BCUT2D eigenvalue weighted by Gasteiger charge is 2.47. The van der Waals surface area contributed by atoms with Crippen LogP contribution in [0.1, 0.15) is 20.3 Å². The van der Waals surface area contributed by atoms with E-state index >= 15 is 0 Å². The first-order valence-electron chi connectivity index (χ1n) is 6.37. The third-order valence-electron chi connectivity index (χ3n) is 3.83. The van der Waals surface area contributed by atoms with E-state index in [9.17, 15) is 9.90 Å². The van der Waals surface area contributed by atoms with Crippen LogP contribution in [0.15, 0.2) is 18.5 Å². The zero-order valence-corrected chi connectivity index (χ0v) is 11.5. The van der Waals surface area contributed by atoms with E-state index in [2.05, 4.69) is 15.3 Å². The van der Waals surface area contributed by atoms with Crippen LogP contribution in [0.25, 0.3) is 0 Å². The van der Waals surface area contributed by atoms with Crippen LogP contribution in [0.2, 0.25) is 0 Å². The summed E-state index contributed by atoms with van der Waals surface area (Å²) in [4.78, 5) is 21.8. The Labute approximate surface area is 112 Å². The third-order valence-corrected chi connectivity index (χ3v) is 3.83. The van der Waals surface area contributed by atoms with Crippen molar-refractivity contribution in [2.45, 2.75) is 32.4 Å². The van der Waals surface area contributed by atoms with E-state index in [1.54, 1.807) is 30.4 Å². The molecule has 19 heavy (non-hydrogen) atoms. The Morgan fingerprint density at radius 2 is 2.16 bits per heavy atom. The Morgan fingerprint density at radius 1 is 1.53 bits per heavy atom. The molecule has 6 heteroatoms. The third kappa shape index (κ3) is 2.84. The van der Waals surface area contributed by atoms with Gasteiger partial charge in [0.25, 0.3) is 0 Å². The lowest BCUT2D eigenvalue weighted by Crippen LogP contribution is -2.62. The molecule has 104 valence electrons. The summed E-state index contributed by atoms with van der Waals surface area (Å²) in [5, 5.41) is 12.6.